The van der Waals surface area contributed by atoms with Crippen molar-refractivity contribution >= 4 is 11.3 Å². The molecule has 4 nitrogen and oxygen atoms in total. The first-order valence-corrected chi connectivity index (χ1v) is 4.41. The van der Waals surface area contributed by atoms with Crippen molar-refractivity contribution in [2.45, 2.75) is 25.9 Å². The average molecular weight is 172 g/mol. The molecule has 0 aliphatic carbocycles. The molecule has 0 saturated carbocycles. The maximum absolute atomic E-state index is 11.0. The van der Waals surface area contributed by atoms with Gasteiger partial charge in [-0.05, 0) is 24.2 Å². The largest absolute Gasteiger partial charge is 0.326 e. The van der Waals surface area contributed by atoms with E-state index >= 15 is 0 Å². The van der Waals surface area contributed by atoms with E-state index in [0.717, 1.165) is 24.2 Å². The van der Waals surface area contributed by atoms with Gasteiger partial charge in [-0.2, -0.15) is 0 Å². The fraction of sp³-hybridized carbons (Fsp3) is 0.667. The minimum atomic E-state index is -0.116. The fourth-order valence-corrected chi connectivity index (χ4v) is 2.06. The third-order valence-electron chi connectivity index (χ3n) is 1.88. The zero-order valence-electron chi connectivity index (χ0n) is 5.95. The predicted octanol–water partition coefficient (Wildman–Crippen LogP) is -0.135. The monoisotopic (exact) mass is 172 g/mol. The summed E-state index contributed by atoms with van der Waals surface area (Å²) < 4.78 is 3.08. The second-order valence-electron chi connectivity index (χ2n) is 2.59. The molecular formula is C6H8N2O2S. The maximum atomic E-state index is 11.0. The fourth-order valence-electron chi connectivity index (χ4n) is 1.32. The topological polar surface area (TPSA) is 44.0 Å². The number of fused-ring (bicyclic) bond motifs is 1. The second kappa shape index (κ2) is 2.34. The van der Waals surface area contributed by atoms with Gasteiger partial charge in [0, 0.05) is 13.1 Å². The van der Waals surface area contributed by atoms with E-state index in [-0.39, 0.29) is 9.75 Å². The zero-order chi connectivity index (χ0) is 7.84. The molecule has 0 amide bonds. The van der Waals surface area contributed by atoms with Crippen LogP contribution in [0.25, 0.3) is 0 Å². The molecule has 0 N–H and O–H groups in total. The Morgan fingerprint density at radius 1 is 1.00 bits per heavy atom. The van der Waals surface area contributed by atoms with Crippen molar-refractivity contribution in [3.63, 3.8) is 0 Å². The molecule has 5 heteroatoms. The van der Waals surface area contributed by atoms with Crippen molar-refractivity contribution in [1.29, 1.82) is 0 Å². The summed E-state index contributed by atoms with van der Waals surface area (Å²) in [5, 5.41) is 0. The van der Waals surface area contributed by atoms with Gasteiger partial charge in [0.1, 0.15) is 0 Å². The Balaban J connectivity index is 2.70. The number of nitrogens with zero attached hydrogens (tertiary/aromatic N) is 2. The van der Waals surface area contributed by atoms with Crippen LogP contribution in [0.3, 0.4) is 0 Å². The average Bonchev–Trinajstić information content (AvgIpc) is 2.30. The molecule has 0 spiro atoms. The first kappa shape index (κ1) is 6.84. The SMILES string of the molecule is O=c1sc(=O)n2n1CCCC2. The number of rotatable bonds is 0. The van der Waals surface area contributed by atoms with Crippen molar-refractivity contribution in [1.82, 2.24) is 9.36 Å². The molecule has 0 saturated heterocycles. The van der Waals surface area contributed by atoms with Crippen LogP contribution in [0.1, 0.15) is 12.8 Å². The predicted molar refractivity (Wildman–Crippen MR) is 42.1 cm³/mol. The Morgan fingerprint density at radius 2 is 1.45 bits per heavy atom. The lowest BCUT2D eigenvalue weighted by atomic mass is 10.3. The van der Waals surface area contributed by atoms with Crippen molar-refractivity contribution < 1.29 is 0 Å². The lowest BCUT2D eigenvalue weighted by molar-refractivity contribution is 0.348. The Labute approximate surface area is 66.7 Å². The minimum Gasteiger partial charge on any atom is -0.255 e. The molecular weight excluding hydrogens is 164 g/mol. The van der Waals surface area contributed by atoms with E-state index < -0.39 is 0 Å². The molecule has 0 fully saturated rings. The summed E-state index contributed by atoms with van der Waals surface area (Å²) >= 11 is 0.800. The highest BCUT2D eigenvalue weighted by Crippen LogP contribution is 2.02. The van der Waals surface area contributed by atoms with Gasteiger partial charge in [-0.1, -0.05) is 0 Å². The van der Waals surface area contributed by atoms with E-state index in [2.05, 4.69) is 0 Å². The van der Waals surface area contributed by atoms with Crippen molar-refractivity contribution in [2.24, 2.45) is 0 Å². The lowest BCUT2D eigenvalue weighted by Crippen LogP contribution is -2.30. The molecule has 1 aromatic rings. The van der Waals surface area contributed by atoms with Crippen LogP contribution in [-0.2, 0) is 13.1 Å². The van der Waals surface area contributed by atoms with Gasteiger partial charge in [-0.25, -0.2) is 9.36 Å². The van der Waals surface area contributed by atoms with Crippen LogP contribution in [0.4, 0.5) is 0 Å². The van der Waals surface area contributed by atoms with E-state index in [9.17, 15) is 9.59 Å². The summed E-state index contributed by atoms with van der Waals surface area (Å²) in [6.07, 6.45) is 2.02. The summed E-state index contributed by atoms with van der Waals surface area (Å²) in [5.74, 6) is 0. The van der Waals surface area contributed by atoms with Crippen LogP contribution < -0.4 is 9.75 Å². The summed E-state index contributed by atoms with van der Waals surface area (Å²) in [6.45, 7) is 1.41. The highest BCUT2D eigenvalue weighted by atomic mass is 32.1. The molecule has 0 bridgehead atoms. The Bertz CT molecular complexity index is 338. The molecule has 0 unspecified atom stereocenters. The van der Waals surface area contributed by atoms with Gasteiger partial charge in [0.15, 0.2) is 0 Å². The standard InChI is InChI=1S/C6H8N2O2S/c9-5-7-3-1-2-4-8(7)6(10)11-5/h1-4H2. The summed E-state index contributed by atoms with van der Waals surface area (Å²) in [5.41, 5.74) is 0. The van der Waals surface area contributed by atoms with Crippen LogP contribution in [0, 0.1) is 0 Å². The minimum absolute atomic E-state index is 0.116. The van der Waals surface area contributed by atoms with Gasteiger partial charge in [0.05, 0.1) is 0 Å². The summed E-state index contributed by atoms with van der Waals surface area (Å²) in [6, 6.07) is 0. The maximum Gasteiger partial charge on any atom is 0.326 e. The van der Waals surface area contributed by atoms with Crippen LogP contribution in [0.5, 0.6) is 0 Å². The Hall–Kier alpha value is -0.840. The van der Waals surface area contributed by atoms with Gasteiger partial charge in [0.2, 0.25) is 0 Å². The first-order chi connectivity index (χ1) is 5.29. The van der Waals surface area contributed by atoms with Crippen molar-refractivity contribution in [3.05, 3.63) is 19.3 Å². The second-order valence-corrected chi connectivity index (χ2v) is 3.49. The highest BCUT2D eigenvalue weighted by molar-refractivity contribution is 7.06. The van der Waals surface area contributed by atoms with Crippen LogP contribution in [0.15, 0.2) is 9.59 Å². The Kier molecular flexibility index (Phi) is 1.45. The first-order valence-electron chi connectivity index (χ1n) is 3.60. The van der Waals surface area contributed by atoms with Crippen LogP contribution in [0.2, 0.25) is 0 Å². The number of hydrogen-bond acceptors (Lipinski definition) is 3. The van der Waals surface area contributed by atoms with Gasteiger partial charge in [-0.3, -0.25) is 9.59 Å². The van der Waals surface area contributed by atoms with E-state index in [1.165, 1.54) is 9.36 Å². The molecule has 2 heterocycles. The summed E-state index contributed by atoms with van der Waals surface area (Å²) in [7, 11) is 0. The molecule has 1 aliphatic rings. The summed E-state index contributed by atoms with van der Waals surface area (Å²) in [4.78, 5) is 21.9. The Morgan fingerprint density at radius 3 is 1.91 bits per heavy atom. The van der Waals surface area contributed by atoms with Crippen molar-refractivity contribution in [3.8, 4) is 0 Å². The lowest BCUT2D eigenvalue weighted by Gasteiger charge is -2.14. The van der Waals surface area contributed by atoms with Crippen LogP contribution in [-0.4, -0.2) is 9.36 Å². The van der Waals surface area contributed by atoms with Gasteiger partial charge in [-0.15, -0.1) is 0 Å². The highest BCUT2D eigenvalue weighted by Gasteiger charge is 2.12. The normalized spacial score (nSPS) is 16.4. The number of aromatic nitrogens is 2. The molecule has 1 aromatic heterocycles. The van der Waals surface area contributed by atoms with E-state index in [1.807, 2.05) is 0 Å². The molecule has 1 aliphatic heterocycles. The van der Waals surface area contributed by atoms with Gasteiger partial charge < -0.3 is 0 Å². The smallest absolute Gasteiger partial charge is 0.255 e. The van der Waals surface area contributed by atoms with Gasteiger partial charge in [0.25, 0.3) is 0 Å². The molecule has 2 rings (SSSR count). The van der Waals surface area contributed by atoms with E-state index in [4.69, 9.17) is 0 Å². The third-order valence-corrected chi connectivity index (χ3v) is 2.65. The molecule has 0 aromatic carbocycles. The van der Waals surface area contributed by atoms with Gasteiger partial charge >= 0.3 is 9.75 Å². The van der Waals surface area contributed by atoms with E-state index in [1.54, 1.807) is 0 Å². The molecule has 11 heavy (non-hydrogen) atoms. The number of hydrogen-bond donors (Lipinski definition) is 0. The molecule has 0 atom stereocenters. The van der Waals surface area contributed by atoms with E-state index in [0.29, 0.717) is 13.1 Å². The molecule has 60 valence electrons. The zero-order valence-corrected chi connectivity index (χ0v) is 6.76. The third kappa shape index (κ3) is 0.956. The quantitative estimate of drug-likeness (QED) is 0.547. The molecule has 0 radical (unpaired) electrons. The van der Waals surface area contributed by atoms with Crippen molar-refractivity contribution in [2.75, 3.05) is 0 Å². The van der Waals surface area contributed by atoms with Crippen LogP contribution >= 0.6 is 11.3 Å².